The van der Waals surface area contributed by atoms with Gasteiger partial charge >= 0.3 is 5.97 Å². The average Bonchev–Trinajstić information content (AvgIpc) is 2.22. The number of rotatable bonds is 5. The first-order valence-corrected chi connectivity index (χ1v) is 7.85. The highest BCUT2D eigenvalue weighted by molar-refractivity contribution is 7.91. The normalized spacial score (nSPS) is 22.7. The summed E-state index contributed by atoms with van der Waals surface area (Å²) in [6.45, 7) is 1.98. The summed E-state index contributed by atoms with van der Waals surface area (Å²) in [5.74, 6) is -0.894. The summed E-state index contributed by atoms with van der Waals surface area (Å²) in [6, 6.07) is -0.282. The first-order chi connectivity index (χ1) is 8.32. The van der Waals surface area contributed by atoms with Crippen LogP contribution in [0.25, 0.3) is 0 Å². The molecule has 7 heteroatoms. The molecule has 0 aliphatic carbocycles. The fourth-order valence-corrected chi connectivity index (χ4v) is 3.62. The highest BCUT2D eigenvalue weighted by atomic mass is 32.2. The van der Waals surface area contributed by atoms with E-state index in [4.69, 9.17) is 5.11 Å². The Kier molecular flexibility index (Phi) is 5.13. The lowest BCUT2D eigenvalue weighted by Crippen LogP contribution is -2.49. The molecule has 1 aliphatic heterocycles. The lowest BCUT2D eigenvalue weighted by atomic mass is 10.1. The lowest BCUT2D eigenvalue weighted by Gasteiger charge is -2.33. The highest BCUT2D eigenvalue weighted by Crippen LogP contribution is 2.14. The molecule has 0 saturated carbocycles. The van der Waals surface area contributed by atoms with Crippen LogP contribution in [0, 0.1) is 0 Å². The molecule has 1 N–H and O–H groups in total. The number of unbranched alkanes of at least 4 members (excludes halogenated alkanes) is 1. The average molecular weight is 277 g/mol. The summed E-state index contributed by atoms with van der Waals surface area (Å²) >= 11 is 0. The van der Waals surface area contributed by atoms with Crippen LogP contribution in [-0.4, -0.2) is 54.4 Å². The van der Waals surface area contributed by atoms with Crippen molar-refractivity contribution in [3.63, 3.8) is 0 Å². The summed E-state index contributed by atoms with van der Waals surface area (Å²) in [5.41, 5.74) is 0. The molecule has 18 heavy (non-hydrogen) atoms. The van der Waals surface area contributed by atoms with E-state index in [-0.39, 0.29) is 42.8 Å². The number of hydrogen-bond donors (Lipinski definition) is 1. The second-order valence-electron chi connectivity index (χ2n) is 4.65. The van der Waals surface area contributed by atoms with Gasteiger partial charge in [0.15, 0.2) is 9.84 Å². The fourth-order valence-electron chi connectivity index (χ4n) is 2.07. The van der Waals surface area contributed by atoms with Crippen molar-refractivity contribution in [2.45, 2.75) is 38.6 Å². The highest BCUT2D eigenvalue weighted by Gasteiger charge is 2.30. The molecule has 104 valence electrons. The number of amides is 1. The van der Waals surface area contributed by atoms with Crippen LogP contribution in [0.5, 0.6) is 0 Å². The monoisotopic (exact) mass is 277 g/mol. The summed E-state index contributed by atoms with van der Waals surface area (Å²) in [6.07, 6.45) is 1.36. The second kappa shape index (κ2) is 6.17. The molecular formula is C11H19NO5S. The molecule has 1 heterocycles. The minimum Gasteiger partial charge on any atom is -0.481 e. The van der Waals surface area contributed by atoms with Crippen molar-refractivity contribution in [1.82, 2.24) is 4.90 Å². The Morgan fingerprint density at radius 3 is 2.44 bits per heavy atom. The number of sulfone groups is 1. The van der Waals surface area contributed by atoms with Gasteiger partial charge in [0, 0.05) is 25.4 Å². The first kappa shape index (κ1) is 14.9. The number of carboxylic acids is 1. The van der Waals surface area contributed by atoms with E-state index >= 15 is 0 Å². The zero-order valence-corrected chi connectivity index (χ0v) is 11.3. The van der Waals surface area contributed by atoms with Crippen molar-refractivity contribution in [1.29, 1.82) is 0 Å². The van der Waals surface area contributed by atoms with E-state index < -0.39 is 15.8 Å². The molecule has 0 aromatic heterocycles. The largest absolute Gasteiger partial charge is 0.481 e. The van der Waals surface area contributed by atoms with Crippen LogP contribution in [0.1, 0.15) is 32.6 Å². The summed E-state index contributed by atoms with van der Waals surface area (Å²) < 4.78 is 22.7. The molecule has 0 radical (unpaired) electrons. The van der Waals surface area contributed by atoms with Crippen LogP contribution in [0.3, 0.4) is 0 Å². The first-order valence-electron chi connectivity index (χ1n) is 6.03. The van der Waals surface area contributed by atoms with E-state index in [0.29, 0.717) is 12.8 Å². The smallest absolute Gasteiger partial charge is 0.303 e. The molecule has 1 fully saturated rings. The maximum Gasteiger partial charge on any atom is 0.303 e. The summed E-state index contributed by atoms with van der Waals surface area (Å²) in [5, 5.41) is 8.47. The predicted octanol–water partition coefficient (Wildman–Crippen LogP) is 0.277. The standard InChI is InChI=1S/C11H19NO5S/c1-9-8-18(16,17)7-6-12(9)10(13)4-2-3-5-11(14)15/h9H,2-8H2,1H3,(H,14,15). The Morgan fingerprint density at radius 2 is 1.89 bits per heavy atom. The Hall–Kier alpha value is -1.11. The van der Waals surface area contributed by atoms with Crippen molar-refractivity contribution >= 4 is 21.7 Å². The second-order valence-corrected chi connectivity index (χ2v) is 6.88. The predicted molar refractivity (Wildman–Crippen MR) is 65.9 cm³/mol. The van der Waals surface area contributed by atoms with Gasteiger partial charge in [-0.3, -0.25) is 9.59 Å². The Balaban J connectivity index is 2.36. The third kappa shape index (κ3) is 4.64. The minimum atomic E-state index is -3.01. The van der Waals surface area contributed by atoms with E-state index in [2.05, 4.69) is 0 Å². The van der Waals surface area contributed by atoms with Crippen molar-refractivity contribution in [2.24, 2.45) is 0 Å². The number of carboxylic acid groups (broad SMARTS) is 1. The van der Waals surface area contributed by atoms with Gasteiger partial charge in [0.25, 0.3) is 0 Å². The molecule has 0 aromatic rings. The van der Waals surface area contributed by atoms with Gasteiger partial charge in [-0.1, -0.05) is 0 Å². The number of carbonyl (C=O) groups excluding carboxylic acids is 1. The Labute approximate surface area is 107 Å². The maximum absolute atomic E-state index is 11.8. The van der Waals surface area contributed by atoms with Gasteiger partial charge < -0.3 is 10.0 Å². The fraction of sp³-hybridized carbons (Fsp3) is 0.818. The van der Waals surface area contributed by atoms with Gasteiger partial charge in [0.05, 0.1) is 11.5 Å². The lowest BCUT2D eigenvalue weighted by molar-refractivity contribution is -0.138. The van der Waals surface area contributed by atoms with Gasteiger partial charge in [0.1, 0.15) is 0 Å². The molecule has 1 unspecified atom stereocenters. The van der Waals surface area contributed by atoms with Crippen molar-refractivity contribution in [2.75, 3.05) is 18.1 Å². The van der Waals surface area contributed by atoms with E-state index in [1.807, 2.05) is 0 Å². The molecule has 1 aliphatic rings. The SMILES string of the molecule is CC1CS(=O)(=O)CCN1C(=O)CCCCC(=O)O. The Morgan fingerprint density at radius 1 is 1.28 bits per heavy atom. The van der Waals surface area contributed by atoms with E-state index in [0.717, 1.165) is 0 Å². The third-order valence-corrected chi connectivity index (χ3v) is 4.82. The topological polar surface area (TPSA) is 91.8 Å². The van der Waals surface area contributed by atoms with Gasteiger partial charge in [-0.2, -0.15) is 0 Å². The zero-order chi connectivity index (χ0) is 13.8. The van der Waals surface area contributed by atoms with Crippen molar-refractivity contribution in [3.8, 4) is 0 Å². The van der Waals surface area contributed by atoms with Gasteiger partial charge in [-0.15, -0.1) is 0 Å². The van der Waals surface area contributed by atoms with Gasteiger partial charge in [0.2, 0.25) is 5.91 Å². The van der Waals surface area contributed by atoms with Crippen LogP contribution in [0.2, 0.25) is 0 Å². The Bertz CT molecular complexity index is 417. The maximum atomic E-state index is 11.8. The summed E-state index contributed by atoms with van der Waals surface area (Å²) in [7, 11) is -3.01. The zero-order valence-electron chi connectivity index (χ0n) is 10.5. The van der Waals surface area contributed by atoms with Crippen molar-refractivity contribution < 1.29 is 23.1 Å². The number of aliphatic carboxylic acids is 1. The quantitative estimate of drug-likeness (QED) is 0.729. The number of carbonyl (C=O) groups is 2. The van der Waals surface area contributed by atoms with Crippen LogP contribution in [0.4, 0.5) is 0 Å². The molecule has 6 nitrogen and oxygen atoms in total. The summed E-state index contributed by atoms with van der Waals surface area (Å²) in [4.78, 5) is 23.7. The molecule has 1 saturated heterocycles. The molecule has 1 rings (SSSR count). The number of hydrogen-bond acceptors (Lipinski definition) is 4. The van der Waals surface area contributed by atoms with Gasteiger partial charge in [-0.25, -0.2) is 8.42 Å². The molecular weight excluding hydrogens is 258 g/mol. The molecule has 0 spiro atoms. The molecule has 1 atom stereocenters. The van der Waals surface area contributed by atoms with E-state index in [1.54, 1.807) is 11.8 Å². The third-order valence-electron chi connectivity index (χ3n) is 3.02. The molecule has 1 amide bonds. The molecule has 0 bridgehead atoms. The van der Waals surface area contributed by atoms with Crippen LogP contribution < -0.4 is 0 Å². The van der Waals surface area contributed by atoms with Crippen molar-refractivity contribution in [3.05, 3.63) is 0 Å². The minimum absolute atomic E-state index is 0.0217. The molecule has 0 aromatic carbocycles. The van der Waals surface area contributed by atoms with Gasteiger partial charge in [-0.05, 0) is 19.8 Å². The van der Waals surface area contributed by atoms with Crippen LogP contribution in [0.15, 0.2) is 0 Å². The van der Waals surface area contributed by atoms with E-state index in [1.165, 1.54) is 0 Å². The van der Waals surface area contributed by atoms with Crippen LogP contribution >= 0.6 is 0 Å². The number of nitrogens with zero attached hydrogens (tertiary/aromatic N) is 1. The van der Waals surface area contributed by atoms with E-state index in [9.17, 15) is 18.0 Å². The van der Waals surface area contributed by atoms with Crippen LogP contribution in [-0.2, 0) is 19.4 Å².